The Balaban J connectivity index is 2.44. The van der Waals surface area contributed by atoms with E-state index in [1.54, 1.807) is 12.1 Å². The molecule has 0 aliphatic carbocycles. The minimum Gasteiger partial charge on any atom is -0.340 e. The van der Waals surface area contributed by atoms with Gasteiger partial charge in [-0.25, -0.2) is 4.98 Å². The zero-order valence-electron chi connectivity index (χ0n) is 12.2. The lowest BCUT2D eigenvalue weighted by Crippen LogP contribution is -2.02. The van der Waals surface area contributed by atoms with E-state index < -0.39 is 0 Å². The number of aryl methyl sites for hydroxylation is 3. The highest BCUT2D eigenvalue weighted by Crippen LogP contribution is 2.26. The molecule has 0 aliphatic rings. The number of nitrogens with zero attached hydrogens (tertiary/aromatic N) is 2. The SMILES string of the molecule is CCc1cccc(CC)c1Nc1cc(C#N)cc(C)n1. The third-order valence-electron chi connectivity index (χ3n) is 3.33. The fraction of sp³-hybridized carbons (Fsp3) is 0.294. The first kappa shape index (κ1) is 14.1. The average molecular weight is 265 g/mol. The molecule has 102 valence electrons. The van der Waals surface area contributed by atoms with Gasteiger partial charge in [-0.05, 0) is 43.0 Å². The topological polar surface area (TPSA) is 48.7 Å². The van der Waals surface area contributed by atoms with E-state index in [2.05, 4.69) is 48.4 Å². The van der Waals surface area contributed by atoms with E-state index >= 15 is 0 Å². The lowest BCUT2D eigenvalue weighted by molar-refractivity contribution is 1.08. The van der Waals surface area contributed by atoms with Crippen LogP contribution in [0.3, 0.4) is 0 Å². The van der Waals surface area contributed by atoms with E-state index in [9.17, 15) is 0 Å². The summed E-state index contributed by atoms with van der Waals surface area (Å²) in [5.41, 5.74) is 5.14. The number of aromatic nitrogens is 1. The third-order valence-corrected chi connectivity index (χ3v) is 3.33. The van der Waals surface area contributed by atoms with Crippen LogP contribution in [-0.4, -0.2) is 4.98 Å². The number of nitrogens with one attached hydrogen (secondary N) is 1. The number of pyridine rings is 1. The second-order valence-electron chi connectivity index (χ2n) is 4.78. The van der Waals surface area contributed by atoms with Crippen LogP contribution in [0.25, 0.3) is 0 Å². The van der Waals surface area contributed by atoms with Crippen molar-refractivity contribution in [2.24, 2.45) is 0 Å². The molecule has 0 saturated heterocycles. The largest absolute Gasteiger partial charge is 0.340 e. The van der Waals surface area contributed by atoms with Crippen molar-refractivity contribution in [1.29, 1.82) is 5.26 Å². The Morgan fingerprint density at radius 3 is 2.35 bits per heavy atom. The highest BCUT2D eigenvalue weighted by molar-refractivity contribution is 5.66. The third kappa shape index (κ3) is 2.97. The lowest BCUT2D eigenvalue weighted by atomic mass is 10.0. The summed E-state index contributed by atoms with van der Waals surface area (Å²) >= 11 is 0. The molecule has 1 aromatic heterocycles. The van der Waals surface area contributed by atoms with Crippen molar-refractivity contribution in [1.82, 2.24) is 4.98 Å². The van der Waals surface area contributed by atoms with Gasteiger partial charge in [0, 0.05) is 11.4 Å². The fourth-order valence-electron chi connectivity index (χ4n) is 2.33. The molecule has 0 amide bonds. The molecule has 0 bridgehead atoms. The molecular formula is C17H19N3. The van der Waals surface area contributed by atoms with Crippen LogP contribution in [0.1, 0.15) is 36.2 Å². The van der Waals surface area contributed by atoms with Crippen LogP contribution in [0.2, 0.25) is 0 Å². The molecule has 3 nitrogen and oxygen atoms in total. The molecule has 0 unspecified atom stereocenters. The van der Waals surface area contributed by atoms with Crippen molar-refractivity contribution in [3.05, 3.63) is 52.7 Å². The van der Waals surface area contributed by atoms with Crippen molar-refractivity contribution >= 4 is 11.5 Å². The number of para-hydroxylation sites is 1. The zero-order valence-corrected chi connectivity index (χ0v) is 12.2. The summed E-state index contributed by atoms with van der Waals surface area (Å²) in [6.07, 6.45) is 1.93. The Hall–Kier alpha value is -2.34. The van der Waals surface area contributed by atoms with E-state index in [1.165, 1.54) is 11.1 Å². The van der Waals surface area contributed by atoms with Crippen molar-refractivity contribution in [3.8, 4) is 6.07 Å². The van der Waals surface area contributed by atoms with Crippen LogP contribution in [0.5, 0.6) is 0 Å². The van der Waals surface area contributed by atoms with Crippen LogP contribution < -0.4 is 5.32 Å². The summed E-state index contributed by atoms with van der Waals surface area (Å²) < 4.78 is 0. The summed E-state index contributed by atoms with van der Waals surface area (Å²) in [6.45, 7) is 6.19. The lowest BCUT2D eigenvalue weighted by Gasteiger charge is -2.15. The fourth-order valence-corrected chi connectivity index (χ4v) is 2.33. The summed E-state index contributed by atoms with van der Waals surface area (Å²) in [5, 5.41) is 12.4. The number of rotatable bonds is 4. The molecule has 3 heteroatoms. The van der Waals surface area contributed by atoms with Gasteiger partial charge in [0.05, 0.1) is 11.6 Å². The zero-order chi connectivity index (χ0) is 14.5. The van der Waals surface area contributed by atoms with Crippen LogP contribution in [0.4, 0.5) is 11.5 Å². The maximum Gasteiger partial charge on any atom is 0.131 e. The van der Waals surface area contributed by atoms with Gasteiger partial charge >= 0.3 is 0 Å². The first-order chi connectivity index (χ1) is 9.67. The predicted octanol–water partition coefficient (Wildman–Crippen LogP) is 4.13. The Bertz CT molecular complexity index is 632. The van der Waals surface area contributed by atoms with Crippen molar-refractivity contribution in [3.63, 3.8) is 0 Å². The predicted molar refractivity (Wildman–Crippen MR) is 82.2 cm³/mol. The van der Waals surface area contributed by atoms with Gasteiger partial charge < -0.3 is 5.32 Å². The molecule has 0 spiro atoms. The molecule has 1 N–H and O–H groups in total. The van der Waals surface area contributed by atoms with Gasteiger partial charge in [-0.1, -0.05) is 32.0 Å². The van der Waals surface area contributed by atoms with Crippen LogP contribution in [-0.2, 0) is 12.8 Å². The summed E-state index contributed by atoms with van der Waals surface area (Å²) in [4.78, 5) is 4.47. The van der Waals surface area contributed by atoms with Crippen LogP contribution in [0.15, 0.2) is 30.3 Å². The Morgan fingerprint density at radius 1 is 1.15 bits per heavy atom. The minimum absolute atomic E-state index is 0.632. The second kappa shape index (κ2) is 6.21. The molecule has 2 aromatic rings. The van der Waals surface area contributed by atoms with Crippen molar-refractivity contribution in [2.45, 2.75) is 33.6 Å². The smallest absolute Gasteiger partial charge is 0.131 e. The summed E-state index contributed by atoms with van der Waals surface area (Å²) in [7, 11) is 0. The van der Waals surface area contributed by atoms with E-state index in [-0.39, 0.29) is 0 Å². The van der Waals surface area contributed by atoms with Gasteiger partial charge in [0.15, 0.2) is 0 Å². The van der Waals surface area contributed by atoms with Crippen LogP contribution in [0, 0.1) is 18.3 Å². The molecule has 0 saturated carbocycles. The van der Waals surface area contributed by atoms with E-state index in [0.717, 1.165) is 30.0 Å². The number of hydrogen-bond acceptors (Lipinski definition) is 3. The molecule has 0 atom stereocenters. The Kier molecular flexibility index (Phi) is 4.37. The van der Waals surface area contributed by atoms with Gasteiger partial charge in [0.25, 0.3) is 0 Å². The number of anilines is 2. The molecule has 20 heavy (non-hydrogen) atoms. The van der Waals surface area contributed by atoms with E-state index in [0.29, 0.717) is 5.56 Å². The molecule has 0 aliphatic heterocycles. The van der Waals surface area contributed by atoms with Gasteiger partial charge in [-0.3, -0.25) is 0 Å². The molecular weight excluding hydrogens is 246 g/mol. The molecule has 0 fully saturated rings. The standard InChI is InChI=1S/C17H19N3/c1-4-14-7-6-8-15(5-2)17(14)20-16-10-13(11-18)9-12(3)19-16/h6-10H,4-5H2,1-3H3,(H,19,20). The monoisotopic (exact) mass is 265 g/mol. The molecule has 0 radical (unpaired) electrons. The van der Waals surface area contributed by atoms with Gasteiger partial charge in [0.1, 0.15) is 5.82 Å². The first-order valence-corrected chi connectivity index (χ1v) is 6.94. The second-order valence-corrected chi connectivity index (χ2v) is 4.78. The highest BCUT2D eigenvalue weighted by atomic mass is 15.0. The minimum atomic E-state index is 0.632. The molecule has 1 aromatic carbocycles. The summed E-state index contributed by atoms with van der Waals surface area (Å²) in [5.74, 6) is 0.733. The normalized spacial score (nSPS) is 10.1. The number of hydrogen-bond donors (Lipinski definition) is 1. The maximum absolute atomic E-state index is 9.05. The average Bonchev–Trinajstić information content (AvgIpc) is 2.46. The molecule has 2 rings (SSSR count). The Labute approximate surface area is 120 Å². The quantitative estimate of drug-likeness (QED) is 0.904. The molecule has 1 heterocycles. The van der Waals surface area contributed by atoms with E-state index in [4.69, 9.17) is 5.26 Å². The Morgan fingerprint density at radius 2 is 1.80 bits per heavy atom. The maximum atomic E-state index is 9.05. The number of benzene rings is 1. The van der Waals surface area contributed by atoms with Crippen molar-refractivity contribution in [2.75, 3.05) is 5.32 Å². The van der Waals surface area contributed by atoms with Crippen molar-refractivity contribution < 1.29 is 0 Å². The first-order valence-electron chi connectivity index (χ1n) is 6.94. The van der Waals surface area contributed by atoms with Gasteiger partial charge in [0.2, 0.25) is 0 Å². The van der Waals surface area contributed by atoms with Crippen LogP contribution >= 0.6 is 0 Å². The van der Waals surface area contributed by atoms with E-state index in [1.807, 2.05) is 6.92 Å². The van der Waals surface area contributed by atoms with Gasteiger partial charge in [-0.2, -0.15) is 5.26 Å². The van der Waals surface area contributed by atoms with Gasteiger partial charge in [-0.15, -0.1) is 0 Å². The summed E-state index contributed by atoms with van der Waals surface area (Å²) in [6, 6.07) is 12.1. The highest BCUT2D eigenvalue weighted by Gasteiger charge is 2.08. The number of nitriles is 1.